The van der Waals surface area contributed by atoms with Gasteiger partial charge in [-0.1, -0.05) is 16.4 Å². The molecule has 0 bridgehead atoms. The minimum atomic E-state index is -0.721. The van der Waals surface area contributed by atoms with Crippen LogP contribution in [0.5, 0.6) is 11.7 Å². The van der Waals surface area contributed by atoms with Gasteiger partial charge in [0.1, 0.15) is 5.75 Å². The van der Waals surface area contributed by atoms with E-state index in [-0.39, 0.29) is 17.2 Å². The Morgan fingerprint density at radius 1 is 1.42 bits per heavy atom. The highest BCUT2D eigenvalue weighted by Crippen LogP contribution is 2.29. The zero-order valence-electron chi connectivity index (χ0n) is 12.9. The summed E-state index contributed by atoms with van der Waals surface area (Å²) in [6, 6.07) is 7.59. The van der Waals surface area contributed by atoms with Crippen LogP contribution in [0.3, 0.4) is 0 Å². The van der Waals surface area contributed by atoms with Crippen molar-refractivity contribution >= 4 is 28.9 Å². The molecule has 0 atom stereocenters. The Morgan fingerprint density at radius 2 is 2.17 bits per heavy atom. The van der Waals surface area contributed by atoms with E-state index in [1.165, 1.54) is 30.1 Å². The summed E-state index contributed by atoms with van der Waals surface area (Å²) in [6.07, 6.45) is 0. The number of methoxy groups -OCH3 is 1. The quantitative estimate of drug-likeness (QED) is 0.374. The number of carbonyl (C=O) groups excluding carboxylic acids is 1. The third-order valence-corrected chi connectivity index (χ3v) is 5.24. The first-order valence-corrected chi connectivity index (χ1v) is 8.74. The first-order chi connectivity index (χ1) is 11.6. The maximum atomic E-state index is 12.1. The number of thioether (sulfide) groups is 1. The summed E-state index contributed by atoms with van der Waals surface area (Å²) in [6.45, 7) is 0. The first-order valence-electron chi connectivity index (χ1n) is 6.87. The van der Waals surface area contributed by atoms with Crippen LogP contribution in [0.15, 0.2) is 38.5 Å². The topological polar surface area (TPSA) is 92.2 Å². The Kier molecular flexibility index (Phi) is 4.81. The summed E-state index contributed by atoms with van der Waals surface area (Å²) in [5, 5.41) is 16.8. The summed E-state index contributed by atoms with van der Waals surface area (Å²) in [5.74, 6) is -0.180. The number of aryl methyl sites for hydroxylation is 1. The van der Waals surface area contributed by atoms with Crippen LogP contribution in [0.4, 0.5) is 0 Å². The minimum Gasteiger partial charge on any atom is -0.539 e. The molecule has 2 aromatic heterocycles. The van der Waals surface area contributed by atoms with Crippen molar-refractivity contribution in [2.45, 2.75) is 4.34 Å². The summed E-state index contributed by atoms with van der Waals surface area (Å²) >= 11 is 2.73. The first kappa shape index (κ1) is 16.5. The zero-order valence-corrected chi connectivity index (χ0v) is 14.5. The molecule has 0 unspecified atom stereocenters. The van der Waals surface area contributed by atoms with E-state index in [2.05, 4.69) is 14.8 Å². The highest BCUT2D eigenvalue weighted by Gasteiger charge is 2.23. The molecule has 24 heavy (non-hydrogen) atoms. The van der Waals surface area contributed by atoms with Gasteiger partial charge in [0, 0.05) is 10.9 Å². The molecule has 0 radical (unpaired) electrons. The summed E-state index contributed by atoms with van der Waals surface area (Å²) in [4.78, 5) is 16.6. The normalized spacial score (nSPS) is 10.8. The van der Waals surface area contributed by atoms with Crippen molar-refractivity contribution in [3.05, 3.63) is 35.3 Å². The highest BCUT2D eigenvalue weighted by atomic mass is 32.2. The van der Waals surface area contributed by atoms with Gasteiger partial charge < -0.3 is 14.4 Å². The molecule has 0 spiro atoms. The zero-order chi connectivity index (χ0) is 17.1. The molecule has 0 saturated carbocycles. The summed E-state index contributed by atoms with van der Waals surface area (Å²) in [7, 11) is 3.11. The van der Waals surface area contributed by atoms with Crippen molar-refractivity contribution < 1.29 is 23.8 Å². The van der Waals surface area contributed by atoms with E-state index in [1.54, 1.807) is 7.11 Å². The molecule has 0 aliphatic heterocycles. The number of rotatable bonds is 6. The number of hydrogen-bond donors (Lipinski definition) is 0. The van der Waals surface area contributed by atoms with Gasteiger partial charge in [0.05, 0.1) is 23.8 Å². The second-order valence-electron chi connectivity index (χ2n) is 4.77. The monoisotopic (exact) mass is 363 g/mol. The number of Topliss-reactive ketones (excluding diaryl/α,β-unsaturated/α-hetero) is 1. The van der Waals surface area contributed by atoms with Crippen molar-refractivity contribution in [3.63, 3.8) is 0 Å². The van der Waals surface area contributed by atoms with E-state index in [0.29, 0.717) is 0 Å². The molecule has 2 heterocycles. The minimum absolute atomic E-state index is 0.0607. The van der Waals surface area contributed by atoms with Crippen LogP contribution in [0.2, 0.25) is 0 Å². The van der Waals surface area contributed by atoms with E-state index in [9.17, 15) is 9.90 Å². The number of ketones is 1. The van der Waals surface area contributed by atoms with Crippen LogP contribution in [0.1, 0.15) is 10.5 Å². The lowest BCUT2D eigenvalue weighted by atomic mass is 10.2. The van der Waals surface area contributed by atoms with Gasteiger partial charge in [-0.05, 0) is 24.3 Å². The van der Waals surface area contributed by atoms with Crippen LogP contribution in [0.25, 0.3) is 11.3 Å². The molecule has 9 heteroatoms. The Balaban J connectivity index is 1.67. The van der Waals surface area contributed by atoms with Crippen LogP contribution >= 0.6 is 23.1 Å². The Hall–Kier alpha value is -2.39. The van der Waals surface area contributed by atoms with Crippen molar-refractivity contribution in [2.24, 2.45) is 7.05 Å². The molecule has 0 aliphatic carbocycles. The van der Waals surface area contributed by atoms with Gasteiger partial charge in [0.2, 0.25) is 5.78 Å². The number of nitrogens with zero attached hydrogens (tertiary/aromatic N) is 3. The second-order valence-corrected chi connectivity index (χ2v) is 6.85. The van der Waals surface area contributed by atoms with E-state index in [4.69, 9.17) is 4.74 Å². The smallest absolute Gasteiger partial charge is 0.300 e. The van der Waals surface area contributed by atoms with Crippen LogP contribution in [-0.4, -0.2) is 28.9 Å². The lowest BCUT2D eigenvalue weighted by molar-refractivity contribution is -0.741. The number of carbonyl (C=O) groups is 1. The molecule has 1 aromatic carbocycles. The fourth-order valence-electron chi connectivity index (χ4n) is 2.02. The third-order valence-electron chi connectivity index (χ3n) is 3.22. The summed E-state index contributed by atoms with van der Waals surface area (Å²) in [5.41, 5.74) is 1.74. The fourth-order valence-corrected chi connectivity index (χ4v) is 3.72. The van der Waals surface area contributed by atoms with Crippen LogP contribution in [0, 0.1) is 0 Å². The lowest BCUT2D eigenvalue weighted by Gasteiger charge is -2.00. The van der Waals surface area contributed by atoms with Crippen molar-refractivity contribution in [1.82, 2.24) is 10.3 Å². The molecular weight excluding hydrogens is 350 g/mol. The van der Waals surface area contributed by atoms with E-state index >= 15 is 0 Å². The van der Waals surface area contributed by atoms with E-state index < -0.39 is 5.95 Å². The average molecular weight is 363 g/mol. The van der Waals surface area contributed by atoms with Gasteiger partial charge in [-0.3, -0.25) is 4.79 Å². The van der Waals surface area contributed by atoms with E-state index in [1.807, 2.05) is 29.6 Å². The third kappa shape index (κ3) is 3.41. The number of thiazole rings is 1. The van der Waals surface area contributed by atoms with Gasteiger partial charge >= 0.3 is 0 Å². The number of hydrogen-bond acceptors (Lipinski definition) is 8. The van der Waals surface area contributed by atoms with Crippen molar-refractivity contribution in [3.8, 4) is 23.0 Å². The van der Waals surface area contributed by atoms with Gasteiger partial charge in [-0.2, -0.15) is 0 Å². The van der Waals surface area contributed by atoms with Gasteiger partial charge in [0.15, 0.2) is 17.3 Å². The van der Waals surface area contributed by atoms with Crippen LogP contribution < -0.4 is 14.5 Å². The lowest BCUT2D eigenvalue weighted by Crippen LogP contribution is -2.37. The molecule has 3 rings (SSSR count). The highest BCUT2D eigenvalue weighted by molar-refractivity contribution is 8.01. The molecule has 7 nitrogen and oxygen atoms in total. The van der Waals surface area contributed by atoms with Gasteiger partial charge in [-0.15, -0.1) is 11.3 Å². The Morgan fingerprint density at radius 3 is 2.79 bits per heavy atom. The molecule has 124 valence electrons. The fraction of sp³-hybridized carbons (Fsp3) is 0.200. The molecule has 0 amide bonds. The molecular formula is C15H13N3O4S2. The SMILES string of the molecule is COc1ccc(-c2csc(SCC(=O)c3c([O-])on[n+]3C)n2)cc1. The largest absolute Gasteiger partial charge is 0.539 e. The van der Waals surface area contributed by atoms with Crippen LogP contribution in [-0.2, 0) is 7.05 Å². The van der Waals surface area contributed by atoms with Gasteiger partial charge in [-0.25, -0.2) is 4.98 Å². The molecule has 3 aromatic rings. The Labute approximate surface area is 145 Å². The molecule has 0 fully saturated rings. The second kappa shape index (κ2) is 7.02. The van der Waals surface area contributed by atoms with E-state index in [0.717, 1.165) is 26.0 Å². The maximum Gasteiger partial charge on any atom is 0.300 e. The summed E-state index contributed by atoms with van der Waals surface area (Å²) < 4.78 is 11.5. The molecule has 0 N–H and O–H groups in total. The van der Waals surface area contributed by atoms with Gasteiger partial charge in [0.25, 0.3) is 5.69 Å². The number of aromatic nitrogens is 3. The average Bonchev–Trinajstić information content (AvgIpc) is 3.20. The predicted molar refractivity (Wildman–Crippen MR) is 86.3 cm³/mol. The maximum absolute atomic E-state index is 12.1. The van der Waals surface area contributed by atoms with Crippen molar-refractivity contribution in [1.29, 1.82) is 0 Å². The predicted octanol–water partition coefficient (Wildman–Crippen LogP) is 1.68. The Bertz CT molecular complexity index is 838. The number of benzene rings is 1. The standard InChI is InChI=1S/C15H13N3O4S2/c1-18-13(14(20)22-17-18)12(19)8-24-15-16-11(7-23-15)9-3-5-10(21-2)6-4-9/h3-7H,8H2,1-2H3. The van der Waals surface area contributed by atoms with Crippen molar-refractivity contribution in [2.75, 3.05) is 12.9 Å². The molecule has 0 aliphatic rings. The number of ether oxygens (including phenoxy) is 1. The molecule has 0 saturated heterocycles.